The van der Waals surface area contributed by atoms with Gasteiger partial charge in [0.15, 0.2) is 6.10 Å². The lowest BCUT2D eigenvalue weighted by atomic mass is 10.2. The molecule has 1 aromatic rings. The number of hydrogen-bond acceptors (Lipinski definition) is 4. The predicted molar refractivity (Wildman–Crippen MR) is 82.2 cm³/mol. The summed E-state index contributed by atoms with van der Waals surface area (Å²) in [5, 5.41) is 5.31. The number of amides is 2. The molecule has 2 N–H and O–H groups in total. The zero-order valence-electron chi connectivity index (χ0n) is 12.9. The van der Waals surface area contributed by atoms with Crippen LogP contribution in [-0.4, -0.2) is 23.9 Å². The maximum atomic E-state index is 12.0. The Bertz CT molecular complexity index is 582. The van der Waals surface area contributed by atoms with Gasteiger partial charge in [-0.1, -0.05) is 6.92 Å². The zero-order valence-corrected chi connectivity index (χ0v) is 12.9. The molecular formula is C16H20N2O4. The molecule has 0 radical (unpaired) electrons. The Balaban J connectivity index is 1.85. The summed E-state index contributed by atoms with van der Waals surface area (Å²) in [6, 6.07) is 6.69. The number of carbonyl (C=O) groups excluding carboxylic acids is 3. The summed E-state index contributed by atoms with van der Waals surface area (Å²) in [6.07, 6.45) is -0.00653. The van der Waals surface area contributed by atoms with Gasteiger partial charge >= 0.3 is 5.97 Å². The Morgan fingerprint density at radius 3 is 2.09 bits per heavy atom. The van der Waals surface area contributed by atoms with Gasteiger partial charge in [0.25, 0.3) is 5.91 Å². The molecule has 2 amide bonds. The molecule has 0 bridgehead atoms. The fourth-order valence-corrected chi connectivity index (χ4v) is 2.05. The van der Waals surface area contributed by atoms with Gasteiger partial charge in [0.2, 0.25) is 5.91 Å². The molecule has 0 heterocycles. The van der Waals surface area contributed by atoms with Crippen LogP contribution in [0.25, 0.3) is 0 Å². The van der Waals surface area contributed by atoms with Gasteiger partial charge in [-0.15, -0.1) is 0 Å². The molecule has 1 aromatic carbocycles. The maximum Gasteiger partial charge on any atom is 0.309 e. The van der Waals surface area contributed by atoms with E-state index in [0.717, 1.165) is 6.42 Å². The van der Waals surface area contributed by atoms with Crippen molar-refractivity contribution in [2.24, 2.45) is 11.8 Å². The lowest BCUT2D eigenvalue weighted by Gasteiger charge is -2.13. The molecule has 3 atom stereocenters. The third-order valence-corrected chi connectivity index (χ3v) is 3.55. The topological polar surface area (TPSA) is 84.5 Å². The first-order valence-corrected chi connectivity index (χ1v) is 7.26. The molecule has 0 aromatic heterocycles. The van der Waals surface area contributed by atoms with Crippen molar-refractivity contribution in [2.45, 2.75) is 33.3 Å². The lowest BCUT2D eigenvalue weighted by Crippen LogP contribution is -2.30. The van der Waals surface area contributed by atoms with Gasteiger partial charge in [-0.25, -0.2) is 0 Å². The third kappa shape index (κ3) is 4.31. The monoisotopic (exact) mass is 304 g/mol. The highest BCUT2D eigenvalue weighted by atomic mass is 16.5. The molecule has 0 spiro atoms. The van der Waals surface area contributed by atoms with Crippen molar-refractivity contribution in [2.75, 3.05) is 10.6 Å². The van der Waals surface area contributed by atoms with Crippen molar-refractivity contribution in [1.82, 2.24) is 0 Å². The van der Waals surface area contributed by atoms with Crippen molar-refractivity contribution in [3.8, 4) is 0 Å². The van der Waals surface area contributed by atoms with Crippen LogP contribution in [0.4, 0.5) is 11.4 Å². The Labute approximate surface area is 129 Å². The minimum absolute atomic E-state index is 0.0628. The molecule has 2 rings (SSSR count). The number of benzene rings is 1. The molecule has 1 saturated carbocycles. The smallest absolute Gasteiger partial charge is 0.309 e. The van der Waals surface area contributed by atoms with E-state index in [4.69, 9.17) is 4.74 Å². The average molecular weight is 304 g/mol. The quantitative estimate of drug-likeness (QED) is 0.817. The van der Waals surface area contributed by atoms with E-state index in [-0.39, 0.29) is 23.7 Å². The highest BCUT2D eigenvalue weighted by molar-refractivity contribution is 5.95. The van der Waals surface area contributed by atoms with E-state index < -0.39 is 6.10 Å². The molecule has 1 fully saturated rings. The van der Waals surface area contributed by atoms with Gasteiger partial charge in [-0.05, 0) is 43.5 Å². The molecule has 0 unspecified atom stereocenters. The molecule has 0 saturated heterocycles. The molecule has 0 aliphatic heterocycles. The molecule has 6 heteroatoms. The van der Waals surface area contributed by atoms with Gasteiger partial charge in [0.05, 0.1) is 5.92 Å². The van der Waals surface area contributed by atoms with Gasteiger partial charge in [-0.2, -0.15) is 0 Å². The largest absolute Gasteiger partial charge is 0.452 e. The van der Waals surface area contributed by atoms with Crippen molar-refractivity contribution in [3.63, 3.8) is 0 Å². The first kappa shape index (κ1) is 16.0. The van der Waals surface area contributed by atoms with Crippen LogP contribution in [0.5, 0.6) is 0 Å². The standard InChI is InChI=1S/C16H20N2O4/c1-9-8-14(9)16(21)22-10(2)15(20)18-13-6-4-12(5-7-13)17-11(3)19/h4-7,9-10,14H,8H2,1-3H3,(H,17,19)(H,18,20)/t9-,10+,14+/m1/s1. The molecule has 118 valence electrons. The molecular weight excluding hydrogens is 284 g/mol. The van der Waals surface area contributed by atoms with Crippen LogP contribution in [0, 0.1) is 11.8 Å². The highest BCUT2D eigenvalue weighted by Crippen LogP contribution is 2.38. The van der Waals surface area contributed by atoms with E-state index in [0.29, 0.717) is 17.3 Å². The third-order valence-electron chi connectivity index (χ3n) is 3.55. The summed E-state index contributed by atoms with van der Waals surface area (Å²) >= 11 is 0. The predicted octanol–water partition coefficient (Wildman–Crippen LogP) is 2.17. The van der Waals surface area contributed by atoms with Crippen molar-refractivity contribution >= 4 is 29.2 Å². The van der Waals surface area contributed by atoms with Gasteiger partial charge in [0.1, 0.15) is 0 Å². The average Bonchev–Trinajstić information content (AvgIpc) is 3.17. The minimum Gasteiger partial charge on any atom is -0.452 e. The van der Waals surface area contributed by atoms with Crippen LogP contribution in [0.1, 0.15) is 27.2 Å². The minimum atomic E-state index is -0.838. The molecule has 1 aliphatic rings. The molecule has 6 nitrogen and oxygen atoms in total. The van der Waals surface area contributed by atoms with E-state index in [1.54, 1.807) is 31.2 Å². The van der Waals surface area contributed by atoms with Gasteiger partial charge in [-0.3, -0.25) is 14.4 Å². The maximum absolute atomic E-state index is 12.0. The summed E-state index contributed by atoms with van der Waals surface area (Å²) in [4.78, 5) is 34.6. The number of carbonyl (C=O) groups is 3. The lowest BCUT2D eigenvalue weighted by molar-refractivity contribution is -0.154. The first-order chi connectivity index (χ1) is 10.4. The van der Waals surface area contributed by atoms with Gasteiger partial charge < -0.3 is 15.4 Å². The second-order valence-electron chi connectivity index (χ2n) is 5.65. The van der Waals surface area contributed by atoms with Crippen LogP contribution in [0.15, 0.2) is 24.3 Å². The molecule has 22 heavy (non-hydrogen) atoms. The molecule has 1 aliphatic carbocycles. The summed E-state index contributed by atoms with van der Waals surface area (Å²) in [5.41, 5.74) is 1.22. The van der Waals surface area contributed by atoms with Crippen LogP contribution in [0.2, 0.25) is 0 Å². The summed E-state index contributed by atoms with van der Waals surface area (Å²) in [6.45, 7) is 4.95. The number of esters is 1. The summed E-state index contributed by atoms with van der Waals surface area (Å²) in [7, 11) is 0. The number of hydrogen-bond donors (Lipinski definition) is 2. The van der Waals surface area contributed by atoms with Crippen LogP contribution >= 0.6 is 0 Å². The number of rotatable bonds is 5. The van der Waals surface area contributed by atoms with E-state index in [1.807, 2.05) is 6.92 Å². The first-order valence-electron chi connectivity index (χ1n) is 7.26. The Morgan fingerprint density at radius 2 is 1.64 bits per heavy atom. The number of anilines is 2. The Kier molecular flexibility index (Phi) is 4.80. The Hall–Kier alpha value is -2.37. The second-order valence-corrected chi connectivity index (χ2v) is 5.65. The number of nitrogens with one attached hydrogen (secondary N) is 2. The van der Waals surface area contributed by atoms with E-state index in [2.05, 4.69) is 10.6 Å². The fourth-order valence-electron chi connectivity index (χ4n) is 2.05. The van der Waals surface area contributed by atoms with E-state index in [9.17, 15) is 14.4 Å². The van der Waals surface area contributed by atoms with Crippen LogP contribution in [0.3, 0.4) is 0 Å². The van der Waals surface area contributed by atoms with Crippen molar-refractivity contribution in [1.29, 1.82) is 0 Å². The van der Waals surface area contributed by atoms with E-state index >= 15 is 0 Å². The highest BCUT2D eigenvalue weighted by Gasteiger charge is 2.41. The second kappa shape index (κ2) is 6.60. The van der Waals surface area contributed by atoms with Crippen LogP contribution in [-0.2, 0) is 19.1 Å². The summed E-state index contributed by atoms with van der Waals surface area (Å²) < 4.78 is 5.15. The fraction of sp³-hybridized carbons (Fsp3) is 0.438. The van der Waals surface area contributed by atoms with Gasteiger partial charge in [0, 0.05) is 18.3 Å². The van der Waals surface area contributed by atoms with E-state index in [1.165, 1.54) is 6.92 Å². The zero-order chi connectivity index (χ0) is 16.3. The van der Waals surface area contributed by atoms with Crippen LogP contribution < -0.4 is 10.6 Å². The summed E-state index contributed by atoms with van der Waals surface area (Å²) in [5.74, 6) is -0.562. The van der Waals surface area contributed by atoms with Crippen molar-refractivity contribution in [3.05, 3.63) is 24.3 Å². The van der Waals surface area contributed by atoms with Crippen molar-refractivity contribution < 1.29 is 19.1 Å². The number of ether oxygens (including phenoxy) is 1. The normalized spacial score (nSPS) is 20.7. The Morgan fingerprint density at radius 1 is 1.14 bits per heavy atom. The SMILES string of the molecule is CC(=O)Nc1ccc(NC(=O)[C@H](C)OC(=O)[C@H]2C[C@H]2C)cc1.